The second-order valence-electron chi connectivity index (χ2n) is 3.83. The summed E-state index contributed by atoms with van der Waals surface area (Å²) in [5, 5.41) is 9.54. The van der Waals surface area contributed by atoms with Crippen LogP contribution in [0.15, 0.2) is 16.3 Å². The normalized spacial score (nSPS) is 14.2. The summed E-state index contributed by atoms with van der Waals surface area (Å²) >= 11 is 6.65. The lowest BCUT2D eigenvalue weighted by atomic mass is 10.3. The van der Waals surface area contributed by atoms with Gasteiger partial charge in [0.2, 0.25) is 10.0 Å². The van der Waals surface area contributed by atoms with E-state index in [9.17, 15) is 13.5 Å². The van der Waals surface area contributed by atoms with Gasteiger partial charge in [0.1, 0.15) is 4.21 Å². The Labute approximate surface area is 110 Å². The van der Waals surface area contributed by atoms with Crippen LogP contribution in [0.4, 0.5) is 0 Å². The molecule has 0 amide bonds. The number of hydrogen-bond donors (Lipinski definition) is 2. The summed E-state index contributed by atoms with van der Waals surface area (Å²) in [7, 11) is 0.0399. The third kappa shape index (κ3) is 4.90. The molecule has 8 heteroatoms. The first-order valence-corrected chi connectivity index (χ1v) is 7.57. The summed E-state index contributed by atoms with van der Waals surface area (Å²) in [6.45, 7) is 0.379. The maximum Gasteiger partial charge on any atom is 0.250 e. The zero-order chi connectivity index (χ0) is 13.1. The average molecular weight is 299 g/mol. The number of aliphatic hydroxyl groups is 1. The van der Waals surface area contributed by atoms with E-state index in [-0.39, 0.29) is 10.8 Å². The van der Waals surface area contributed by atoms with Crippen LogP contribution in [0.5, 0.6) is 0 Å². The zero-order valence-corrected chi connectivity index (χ0v) is 11.9. The van der Waals surface area contributed by atoms with Crippen LogP contribution in [0, 0.1) is 0 Å². The van der Waals surface area contributed by atoms with Crippen molar-refractivity contribution in [3.63, 3.8) is 0 Å². The summed E-state index contributed by atoms with van der Waals surface area (Å²) in [5.41, 5.74) is 0. The molecule has 0 fully saturated rings. The Morgan fingerprint density at radius 2 is 2.18 bits per heavy atom. The first kappa shape index (κ1) is 14.9. The molecule has 1 rings (SSSR count). The molecule has 0 spiro atoms. The maximum atomic E-state index is 11.8. The minimum Gasteiger partial charge on any atom is -0.390 e. The summed E-state index contributed by atoms with van der Waals surface area (Å²) < 4.78 is 26.4. The monoisotopic (exact) mass is 298 g/mol. The van der Waals surface area contributed by atoms with Crippen molar-refractivity contribution in [2.75, 3.05) is 27.2 Å². The van der Waals surface area contributed by atoms with Gasteiger partial charge in [0.05, 0.1) is 10.4 Å². The Morgan fingerprint density at radius 1 is 1.53 bits per heavy atom. The highest BCUT2D eigenvalue weighted by molar-refractivity contribution is 7.91. The smallest absolute Gasteiger partial charge is 0.250 e. The molecule has 0 aromatic carbocycles. The second kappa shape index (κ2) is 6.12. The fourth-order valence-electron chi connectivity index (χ4n) is 1.21. The SMILES string of the molecule is CN(C)C[C@H](O)CNS(=O)(=O)c1ccc(Cl)s1. The number of nitrogens with one attached hydrogen (secondary N) is 1. The van der Waals surface area contributed by atoms with Crippen LogP contribution in [0.25, 0.3) is 0 Å². The Bertz CT molecular complexity index is 459. The Balaban J connectivity index is 2.56. The fourth-order valence-corrected chi connectivity index (χ4v) is 3.81. The third-order valence-corrected chi connectivity index (χ3v) is 5.04. The van der Waals surface area contributed by atoms with E-state index >= 15 is 0 Å². The third-order valence-electron chi connectivity index (χ3n) is 1.90. The lowest BCUT2D eigenvalue weighted by Gasteiger charge is -2.16. The van der Waals surface area contributed by atoms with E-state index in [0.717, 1.165) is 11.3 Å². The molecule has 1 aromatic rings. The molecule has 17 heavy (non-hydrogen) atoms. The lowest BCUT2D eigenvalue weighted by Crippen LogP contribution is -2.37. The van der Waals surface area contributed by atoms with Gasteiger partial charge in [-0.25, -0.2) is 13.1 Å². The molecule has 1 atom stereocenters. The number of rotatable bonds is 6. The summed E-state index contributed by atoms with van der Waals surface area (Å²) in [6.07, 6.45) is -0.741. The van der Waals surface area contributed by atoms with Crippen molar-refractivity contribution in [2.45, 2.75) is 10.3 Å². The second-order valence-corrected chi connectivity index (χ2v) is 7.54. The van der Waals surface area contributed by atoms with Gasteiger partial charge in [0.15, 0.2) is 0 Å². The largest absolute Gasteiger partial charge is 0.390 e. The molecule has 0 bridgehead atoms. The molecular formula is C9H15ClN2O3S2. The summed E-state index contributed by atoms with van der Waals surface area (Å²) in [5.74, 6) is 0. The molecule has 0 unspecified atom stereocenters. The predicted molar refractivity (Wildman–Crippen MR) is 69.1 cm³/mol. The van der Waals surface area contributed by atoms with Crippen molar-refractivity contribution in [3.8, 4) is 0 Å². The van der Waals surface area contributed by atoms with Gasteiger partial charge in [-0.15, -0.1) is 11.3 Å². The quantitative estimate of drug-likeness (QED) is 0.807. The molecule has 0 aliphatic rings. The highest BCUT2D eigenvalue weighted by Gasteiger charge is 2.18. The van der Waals surface area contributed by atoms with E-state index in [0.29, 0.717) is 10.9 Å². The van der Waals surface area contributed by atoms with Crippen molar-refractivity contribution in [3.05, 3.63) is 16.5 Å². The van der Waals surface area contributed by atoms with Crippen LogP contribution in [-0.4, -0.2) is 51.7 Å². The molecule has 1 heterocycles. The molecule has 98 valence electrons. The van der Waals surface area contributed by atoms with Gasteiger partial charge >= 0.3 is 0 Å². The van der Waals surface area contributed by atoms with Crippen LogP contribution in [0.1, 0.15) is 0 Å². The number of sulfonamides is 1. The van der Waals surface area contributed by atoms with Gasteiger partial charge in [-0.1, -0.05) is 11.6 Å². The van der Waals surface area contributed by atoms with Gasteiger partial charge in [0.25, 0.3) is 0 Å². The average Bonchev–Trinajstić information content (AvgIpc) is 2.62. The van der Waals surface area contributed by atoms with Crippen molar-refractivity contribution in [2.24, 2.45) is 0 Å². The number of hydrogen-bond acceptors (Lipinski definition) is 5. The van der Waals surface area contributed by atoms with E-state index in [1.54, 1.807) is 19.0 Å². The van der Waals surface area contributed by atoms with Crippen molar-refractivity contribution < 1.29 is 13.5 Å². The van der Waals surface area contributed by atoms with Crippen LogP contribution in [-0.2, 0) is 10.0 Å². The predicted octanol–water partition coefficient (Wildman–Crippen LogP) is 0.602. The molecule has 0 saturated heterocycles. The first-order valence-electron chi connectivity index (χ1n) is 4.89. The van der Waals surface area contributed by atoms with E-state index in [1.165, 1.54) is 12.1 Å². The minimum absolute atomic E-state index is 0.0178. The maximum absolute atomic E-state index is 11.8. The van der Waals surface area contributed by atoms with Crippen molar-refractivity contribution in [1.82, 2.24) is 9.62 Å². The highest BCUT2D eigenvalue weighted by atomic mass is 35.5. The standard InChI is InChI=1S/C9H15ClN2O3S2/c1-12(2)6-7(13)5-11-17(14,15)9-4-3-8(10)16-9/h3-4,7,11,13H,5-6H2,1-2H3/t7-/m1/s1. The van der Waals surface area contributed by atoms with Gasteiger partial charge in [-0.3, -0.25) is 0 Å². The summed E-state index contributed by atoms with van der Waals surface area (Å²) in [6, 6.07) is 2.96. The molecule has 2 N–H and O–H groups in total. The molecule has 0 saturated carbocycles. The van der Waals surface area contributed by atoms with Crippen LogP contribution >= 0.6 is 22.9 Å². The summed E-state index contributed by atoms with van der Waals surface area (Å²) in [4.78, 5) is 1.78. The fraction of sp³-hybridized carbons (Fsp3) is 0.556. The number of halogens is 1. The van der Waals surface area contributed by atoms with Crippen LogP contribution in [0.3, 0.4) is 0 Å². The lowest BCUT2D eigenvalue weighted by molar-refractivity contribution is 0.140. The molecule has 0 aliphatic heterocycles. The molecule has 0 aliphatic carbocycles. The van der Waals surface area contributed by atoms with Gasteiger partial charge in [-0.05, 0) is 26.2 Å². The zero-order valence-electron chi connectivity index (χ0n) is 9.55. The first-order chi connectivity index (χ1) is 7.81. The number of nitrogens with zero attached hydrogens (tertiary/aromatic N) is 1. The van der Waals surface area contributed by atoms with E-state index in [1.807, 2.05) is 0 Å². The van der Waals surface area contributed by atoms with E-state index in [4.69, 9.17) is 11.6 Å². The highest BCUT2D eigenvalue weighted by Crippen LogP contribution is 2.25. The molecule has 5 nitrogen and oxygen atoms in total. The molecule has 1 aromatic heterocycles. The van der Waals surface area contributed by atoms with Crippen LogP contribution < -0.4 is 4.72 Å². The van der Waals surface area contributed by atoms with E-state index in [2.05, 4.69) is 4.72 Å². The van der Waals surface area contributed by atoms with Gasteiger partial charge in [0, 0.05) is 13.1 Å². The van der Waals surface area contributed by atoms with E-state index < -0.39 is 16.1 Å². The van der Waals surface area contributed by atoms with Gasteiger partial charge < -0.3 is 10.0 Å². The number of thiophene rings is 1. The Morgan fingerprint density at radius 3 is 2.65 bits per heavy atom. The molecular weight excluding hydrogens is 284 g/mol. The Kier molecular flexibility index (Phi) is 5.36. The number of aliphatic hydroxyl groups excluding tert-OH is 1. The molecule has 0 radical (unpaired) electrons. The number of likely N-dealkylation sites (N-methyl/N-ethyl adjacent to an activating group) is 1. The van der Waals surface area contributed by atoms with Crippen molar-refractivity contribution in [1.29, 1.82) is 0 Å². The Hall–Kier alpha value is -0.180. The van der Waals surface area contributed by atoms with Crippen molar-refractivity contribution >= 4 is 33.0 Å². The van der Waals surface area contributed by atoms with Crippen LogP contribution in [0.2, 0.25) is 4.34 Å². The minimum atomic E-state index is -3.56. The topological polar surface area (TPSA) is 69.6 Å². The van der Waals surface area contributed by atoms with Gasteiger partial charge in [-0.2, -0.15) is 0 Å².